The summed E-state index contributed by atoms with van der Waals surface area (Å²) in [6, 6.07) is 49.1. The lowest BCUT2D eigenvalue weighted by Crippen LogP contribution is -2.38. The first-order valence-electron chi connectivity index (χ1n) is 16.5. The summed E-state index contributed by atoms with van der Waals surface area (Å²) >= 11 is 0. The molecule has 0 aromatic heterocycles. The summed E-state index contributed by atoms with van der Waals surface area (Å²) < 4.78 is 26.7. The zero-order valence-electron chi connectivity index (χ0n) is 27.0. The maximum Gasteiger partial charge on any atom is 0.157 e. The van der Waals surface area contributed by atoms with Crippen molar-refractivity contribution < 1.29 is 29.2 Å². The second-order valence-electron chi connectivity index (χ2n) is 12.2. The molecule has 1 unspecified atom stereocenters. The lowest BCUT2D eigenvalue weighted by atomic mass is 9.80. The molecule has 0 fully saturated rings. The Hall–Kier alpha value is -5.72. The van der Waals surface area contributed by atoms with Gasteiger partial charge in [-0.2, -0.15) is 0 Å². The normalized spacial score (nSPS) is 16.7. The van der Waals surface area contributed by atoms with E-state index in [1.807, 2.05) is 121 Å². The van der Waals surface area contributed by atoms with Crippen LogP contribution in [0.3, 0.4) is 0 Å². The molecule has 2 N–H and O–H groups in total. The van der Waals surface area contributed by atoms with Gasteiger partial charge in [0.15, 0.2) is 17.6 Å². The third-order valence-corrected chi connectivity index (χ3v) is 8.79. The summed E-state index contributed by atoms with van der Waals surface area (Å²) in [6.07, 6.45) is -0.474. The summed E-state index contributed by atoms with van der Waals surface area (Å²) in [7, 11) is 0. The quantitative estimate of drug-likeness (QED) is 0.129. The van der Waals surface area contributed by atoms with Gasteiger partial charge in [0.25, 0.3) is 0 Å². The highest BCUT2D eigenvalue weighted by Gasteiger charge is 2.43. The van der Waals surface area contributed by atoms with Crippen molar-refractivity contribution in [2.45, 2.75) is 44.4 Å². The van der Waals surface area contributed by atoms with Gasteiger partial charge in [0, 0.05) is 23.6 Å². The van der Waals surface area contributed by atoms with Crippen molar-refractivity contribution in [2.24, 2.45) is 0 Å². The van der Waals surface area contributed by atoms with Crippen LogP contribution in [0.15, 0.2) is 152 Å². The highest BCUT2D eigenvalue weighted by atomic mass is 16.5. The summed E-state index contributed by atoms with van der Waals surface area (Å²) in [4.78, 5) is 0. The number of hydrogen-bond acceptors (Lipinski definition) is 6. The molecule has 7 rings (SSSR count). The van der Waals surface area contributed by atoms with Crippen LogP contribution in [0.2, 0.25) is 0 Å². The first kappa shape index (κ1) is 31.9. The third-order valence-electron chi connectivity index (χ3n) is 8.79. The smallest absolute Gasteiger partial charge is 0.157 e. The SMILES string of the molecule is Oc1ccc([C@H]2Oc3cc(OCc4ccccc4)cc(OCc4ccccc4)c3C(Cc3ccccc3)[C@H]2OCc2ccccc2)cc1O. The van der Waals surface area contributed by atoms with Gasteiger partial charge in [-0.05, 0) is 46.4 Å². The molecule has 6 aromatic carbocycles. The Morgan fingerprint density at radius 1 is 0.531 bits per heavy atom. The molecule has 1 aliphatic heterocycles. The van der Waals surface area contributed by atoms with Crippen LogP contribution in [-0.4, -0.2) is 16.3 Å². The van der Waals surface area contributed by atoms with Gasteiger partial charge in [-0.3, -0.25) is 0 Å². The predicted octanol–water partition coefficient (Wildman–Crippen LogP) is 9.30. The van der Waals surface area contributed by atoms with Crippen molar-refractivity contribution in [1.82, 2.24) is 0 Å². The highest BCUT2D eigenvalue weighted by Crippen LogP contribution is 2.51. The summed E-state index contributed by atoms with van der Waals surface area (Å²) in [6.45, 7) is 1.09. The van der Waals surface area contributed by atoms with Gasteiger partial charge in [0.1, 0.15) is 36.6 Å². The van der Waals surface area contributed by atoms with Gasteiger partial charge in [-0.25, -0.2) is 0 Å². The topological polar surface area (TPSA) is 77.4 Å². The number of rotatable bonds is 12. The number of phenols is 2. The van der Waals surface area contributed by atoms with Gasteiger partial charge in [-0.1, -0.05) is 127 Å². The number of hydrogen-bond donors (Lipinski definition) is 2. The van der Waals surface area contributed by atoms with Crippen molar-refractivity contribution in [3.05, 3.63) is 185 Å². The largest absolute Gasteiger partial charge is 0.504 e. The van der Waals surface area contributed by atoms with Crippen molar-refractivity contribution in [3.8, 4) is 28.7 Å². The molecule has 3 atom stereocenters. The Kier molecular flexibility index (Phi) is 9.76. The molecule has 1 heterocycles. The highest BCUT2D eigenvalue weighted by molar-refractivity contribution is 5.56. The van der Waals surface area contributed by atoms with Gasteiger partial charge in [-0.15, -0.1) is 0 Å². The zero-order valence-corrected chi connectivity index (χ0v) is 27.0. The Bertz CT molecular complexity index is 1950. The fraction of sp³-hybridized carbons (Fsp3) is 0.163. The Morgan fingerprint density at radius 2 is 1.08 bits per heavy atom. The summed E-state index contributed by atoms with van der Waals surface area (Å²) in [5.41, 5.74) is 5.83. The lowest BCUT2D eigenvalue weighted by Gasteiger charge is -2.41. The first-order chi connectivity index (χ1) is 24.1. The summed E-state index contributed by atoms with van der Waals surface area (Å²) in [5, 5.41) is 20.8. The minimum atomic E-state index is -0.622. The van der Waals surface area contributed by atoms with E-state index in [0.29, 0.717) is 49.1 Å². The average Bonchev–Trinajstić information content (AvgIpc) is 3.15. The van der Waals surface area contributed by atoms with E-state index in [0.717, 1.165) is 27.8 Å². The van der Waals surface area contributed by atoms with Crippen LogP contribution in [0, 0.1) is 0 Å². The molecule has 0 radical (unpaired) electrons. The number of aromatic hydroxyl groups is 2. The number of phenolic OH excluding ortho intramolecular Hbond substituents is 2. The zero-order chi connectivity index (χ0) is 33.4. The minimum Gasteiger partial charge on any atom is -0.504 e. The van der Waals surface area contributed by atoms with E-state index in [1.165, 1.54) is 6.07 Å². The molecule has 0 saturated heterocycles. The maximum atomic E-state index is 10.6. The van der Waals surface area contributed by atoms with Crippen LogP contribution >= 0.6 is 0 Å². The van der Waals surface area contributed by atoms with Crippen molar-refractivity contribution >= 4 is 0 Å². The second-order valence-corrected chi connectivity index (χ2v) is 12.2. The Balaban J connectivity index is 1.34. The van der Waals surface area contributed by atoms with E-state index in [-0.39, 0.29) is 17.4 Å². The van der Waals surface area contributed by atoms with Crippen LogP contribution < -0.4 is 14.2 Å². The maximum absolute atomic E-state index is 10.6. The molecule has 0 spiro atoms. The minimum absolute atomic E-state index is 0.198. The molecule has 0 aliphatic carbocycles. The van der Waals surface area contributed by atoms with Gasteiger partial charge in [0.2, 0.25) is 0 Å². The Labute approximate surface area is 286 Å². The molecule has 0 saturated carbocycles. The Morgan fingerprint density at radius 3 is 1.67 bits per heavy atom. The van der Waals surface area contributed by atoms with Crippen LogP contribution in [0.1, 0.15) is 45.4 Å². The molecular weight excluding hydrogens is 612 g/mol. The fourth-order valence-electron chi connectivity index (χ4n) is 6.33. The van der Waals surface area contributed by atoms with E-state index < -0.39 is 12.2 Å². The van der Waals surface area contributed by atoms with Crippen LogP contribution in [0.4, 0.5) is 0 Å². The molecule has 0 amide bonds. The van der Waals surface area contributed by atoms with Gasteiger partial charge >= 0.3 is 0 Å². The van der Waals surface area contributed by atoms with Crippen molar-refractivity contribution in [1.29, 1.82) is 0 Å². The van der Waals surface area contributed by atoms with Crippen LogP contribution in [0.25, 0.3) is 0 Å². The first-order valence-corrected chi connectivity index (χ1v) is 16.5. The number of fused-ring (bicyclic) bond motifs is 1. The van der Waals surface area contributed by atoms with Crippen LogP contribution in [0.5, 0.6) is 28.7 Å². The van der Waals surface area contributed by atoms with E-state index in [9.17, 15) is 10.2 Å². The van der Waals surface area contributed by atoms with Crippen molar-refractivity contribution in [2.75, 3.05) is 0 Å². The third kappa shape index (κ3) is 7.72. The fourth-order valence-corrected chi connectivity index (χ4v) is 6.33. The standard InChI is InChI=1S/C43H38O6/c44-37-22-21-34(24-38(37)45)42-43(48-29-33-19-11-4-12-20-33)36(23-30-13-5-1-6-14-30)41-39(47-28-32-17-9-3-10-18-32)25-35(26-40(41)49-42)46-27-31-15-7-2-8-16-31/h1-22,24-26,36,42-45H,23,27-29H2/t36?,42-,43-/m1/s1. The van der Waals surface area contributed by atoms with Crippen LogP contribution in [-0.2, 0) is 31.0 Å². The predicted molar refractivity (Wildman–Crippen MR) is 189 cm³/mol. The monoisotopic (exact) mass is 650 g/mol. The molecule has 0 bridgehead atoms. The molecule has 6 heteroatoms. The summed E-state index contributed by atoms with van der Waals surface area (Å²) in [5.74, 6) is 1.25. The van der Waals surface area contributed by atoms with E-state index in [2.05, 4.69) is 12.1 Å². The van der Waals surface area contributed by atoms with E-state index in [1.54, 1.807) is 12.1 Å². The molecule has 1 aliphatic rings. The van der Waals surface area contributed by atoms with E-state index in [4.69, 9.17) is 18.9 Å². The number of ether oxygens (including phenoxy) is 4. The average molecular weight is 651 g/mol. The lowest BCUT2D eigenvalue weighted by molar-refractivity contribution is -0.0641. The molecule has 49 heavy (non-hydrogen) atoms. The number of benzene rings is 6. The van der Waals surface area contributed by atoms with E-state index >= 15 is 0 Å². The molecule has 6 aromatic rings. The second kappa shape index (κ2) is 15.0. The van der Waals surface area contributed by atoms with Gasteiger partial charge in [0.05, 0.1) is 6.61 Å². The van der Waals surface area contributed by atoms with Gasteiger partial charge < -0.3 is 29.2 Å². The molecular formula is C43H38O6. The molecule has 246 valence electrons. The molecule has 6 nitrogen and oxygen atoms in total. The van der Waals surface area contributed by atoms with Crippen molar-refractivity contribution in [3.63, 3.8) is 0 Å².